The average molecular weight is 357 g/mol. The molecule has 130 valence electrons. The van der Waals surface area contributed by atoms with E-state index in [1.54, 1.807) is 13.0 Å². The van der Waals surface area contributed by atoms with Crippen molar-refractivity contribution < 1.29 is 23.1 Å². The number of nitrogens with one attached hydrogen (secondary N) is 1. The van der Waals surface area contributed by atoms with E-state index in [9.17, 15) is 23.1 Å². The van der Waals surface area contributed by atoms with Gasteiger partial charge >= 0.3 is 12.1 Å². The van der Waals surface area contributed by atoms with Crippen LogP contribution in [0, 0.1) is 0 Å². The van der Waals surface area contributed by atoms with Crippen LogP contribution in [0.2, 0.25) is 0 Å². The summed E-state index contributed by atoms with van der Waals surface area (Å²) in [6, 6.07) is 4.94. The second-order valence-corrected chi connectivity index (χ2v) is 8.20. The zero-order valence-electron chi connectivity index (χ0n) is 13.8. The van der Waals surface area contributed by atoms with E-state index in [-0.39, 0.29) is 5.57 Å². The Balaban J connectivity index is 2.69. The van der Waals surface area contributed by atoms with Crippen molar-refractivity contribution in [1.82, 2.24) is 5.32 Å². The number of rotatable bonds is 3. The number of allylic oxidation sites excluding steroid dienone is 3. The summed E-state index contributed by atoms with van der Waals surface area (Å²) >= 11 is 0. The second-order valence-electron chi connectivity index (χ2n) is 5.93. The molecule has 1 aromatic carbocycles. The molecule has 24 heavy (non-hydrogen) atoms. The van der Waals surface area contributed by atoms with Crippen LogP contribution in [0.1, 0.15) is 30.9 Å². The Kier molecular flexibility index (Phi) is 5.09. The maximum Gasteiger partial charge on any atom is 0.416 e. The number of carboxylic acids is 1. The van der Waals surface area contributed by atoms with Crippen LogP contribution in [0.25, 0.3) is 0 Å². The number of hydrogen-bond acceptors (Lipinski definition) is 2. The van der Waals surface area contributed by atoms with Gasteiger partial charge in [0.05, 0.1) is 11.1 Å². The Hall–Kier alpha value is -1.81. The van der Waals surface area contributed by atoms with Gasteiger partial charge in [0.1, 0.15) is 0 Å². The Bertz CT molecular complexity index is 736. The largest absolute Gasteiger partial charge is 0.478 e. The smallest absolute Gasteiger partial charge is 0.416 e. The summed E-state index contributed by atoms with van der Waals surface area (Å²) in [4.78, 5) is 11.8. The Morgan fingerprint density at radius 1 is 1.21 bits per heavy atom. The summed E-state index contributed by atoms with van der Waals surface area (Å²) < 4.78 is 39.2. The number of dihydropyridines is 1. The first kappa shape index (κ1) is 18.5. The lowest BCUT2D eigenvalue weighted by Crippen LogP contribution is -2.27. The fourth-order valence-corrected chi connectivity index (χ4v) is 4.60. The highest BCUT2D eigenvalue weighted by Crippen LogP contribution is 2.52. The third-order valence-corrected chi connectivity index (χ3v) is 5.54. The lowest BCUT2D eigenvalue weighted by molar-refractivity contribution is -0.137. The van der Waals surface area contributed by atoms with Crippen LogP contribution in [0.3, 0.4) is 0 Å². The van der Waals surface area contributed by atoms with Crippen LogP contribution in [0.15, 0.2) is 46.5 Å². The van der Waals surface area contributed by atoms with E-state index in [4.69, 9.17) is 0 Å². The molecular formula is C17H19F3NO2P. The Labute approximate surface area is 140 Å². The summed E-state index contributed by atoms with van der Waals surface area (Å²) in [5.74, 6) is -1.79. The molecule has 0 aromatic heterocycles. The monoisotopic (exact) mass is 357 g/mol. The van der Waals surface area contributed by atoms with Gasteiger partial charge in [0, 0.05) is 17.3 Å². The number of carboxylic acid groups (broad SMARTS) is 1. The van der Waals surface area contributed by atoms with Gasteiger partial charge in [0.2, 0.25) is 0 Å². The highest BCUT2D eigenvalue weighted by Gasteiger charge is 2.36. The van der Waals surface area contributed by atoms with Crippen molar-refractivity contribution in [2.24, 2.45) is 0 Å². The van der Waals surface area contributed by atoms with Gasteiger partial charge in [-0.25, -0.2) is 4.79 Å². The lowest BCUT2D eigenvalue weighted by Gasteiger charge is -2.33. The Morgan fingerprint density at radius 2 is 1.83 bits per heavy atom. The van der Waals surface area contributed by atoms with E-state index in [1.165, 1.54) is 6.07 Å². The molecule has 0 aliphatic carbocycles. The second kappa shape index (κ2) is 6.60. The van der Waals surface area contributed by atoms with Crippen LogP contribution < -0.4 is 5.32 Å². The first-order chi connectivity index (χ1) is 11.0. The zero-order valence-corrected chi connectivity index (χ0v) is 14.7. The molecule has 0 bridgehead atoms. The normalized spacial score (nSPS) is 18.9. The topological polar surface area (TPSA) is 49.3 Å². The molecule has 0 saturated carbocycles. The van der Waals surface area contributed by atoms with Gasteiger partial charge in [-0.1, -0.05) is 26.1 Å². The minimum atomic E-state index is -4.47. The van der Waals surface area contributed by atoms with Crippen molar-refractivity contribution in [3.8, 4) is 0 Å². The standard InChI is InChI=1S/C17H19F3NO2P/c1-9-13(16(22)23)14(15(24(3)4)10(2)21-9)11-6-5-7-12(8-11)17(18,19)20/h5-8,14,21H,1-4H3,(H,22,23). The van der Waals surface area contributed by atoms with E-state index in [2.05, 4.69) is 5.32 Å². The number of carbonyl (C=O) groups is 1. The molecule has 0 radical (unpaired) electrons. The van der Waals surface area contributed by atoms with Gasteiger partial charge in [0.25, 0.3) is 0 Å². The fourth-order valence-electron chi connectivity index (χ4n) is 3.08. The molecule has 2 N–H and O–H groups in total. The van der Waals surface area contributed by atoms with E-state index in [0.717, 1.165) is 23.1 Å². The fraction of sp³-hybridized carbons (Fsp3) is 0.353. The van der Waals surface area contributed by atoms with Crippen molar-refractivity contribution in [2.45, 2.75) is 25.9 Å². The molecule has 3 nitrogen and oxygen atoms in total. The number of aliphatic carboxylic acids is 1. The van der Waals surface area contributed by atoms with Gasteiger partial charge in [-0.3, -0.25) is 0 Å². The average Bonchev–Trinajstić information content (AvgIpc) is 2.44. The van der Waals surface area contributed by atoms with Crippen molar-refractivity contribution in [3.63, 3.8) is 0 Å². The summed E-state index contributed by atoms with van der Waals surface area (Å²) in [6.45, 7) is 7.41. The highest BCUT2D eigenvalue weighted by molar-refractivity contribution is 7.60. The molecule has 1 aliphatic heterocycles. The number of hydrogen-bond donors (Lipinski definition) is 2. The van der Waals surface area contributed by atoms with Crippen molar-refractivity contribution >= 4 is 13.9 Å². The molecule has 1 unspecified atom stereocenters. The Morgan fingerprint density at radius 3 is 2.33 bits per heavy atom. The molecule has 0 amide bonds. The summed E-state index contributed by atoms with van der Waals surface area (Å²) in [7, 11) is -0.691. The van der Waals surface area contributed by atoms with Crippen LogP contribution in [-0.4, -0.2) is 24.4 Å². The van der Waals surface area contributed by atoms with E-state index >= 15 is 0 Å². The molecule has 1 heterocycles. The molecular weight excluding hydrogens is 338 g/mol. The van der Waals surface area contributed by atoms with Gasteiger partial charge in [-0.05, 0) is 44.1 Å². The number of halogens is 3. The third kappa shape index (κ3) is 3.48. The third-order valence-electron chi connectivity index (χ3n) is 3.98. The summed E-state index contributed by atoms with van der Waals surface area (Å²) in [5, 5.41) is 13.5. The summed E-state index contributed by atoms with van der Waals surface area (Å²) in [5.41, 5.74) is 0.966. The van der Waals surface area contributed by atoms with Crippen molar-refractivity contribution in [2.75, 3.05) is 13.3 Å². The molecule has 1 aromatic rings. The van der Waals surface area contributed by atoms with Crippen molar-refractivity contribution in [3.05, 3.63) is 57.7 Å². The quantitative estimate of drug-likeness (QED) is 0.770. The zero-order chi connectivity index (χ0) is 18.2. The van der Waals surface area contributed by atoms with Gasteiger partial charge < -0.3 is 10.4 Å². The van der Waals surface area contributed by atoms with Gasteiger partial charge in [0.15, 0.2) is 0 Å². The first-order valence-corrected chi connectivity index (χ1v) is 9.54. The molecule has 7 heteroatoms. The maximum atomic E-state index is 13.1. The van der Waals surface area contributed by atoms with Gasteiger partial charge in [-0.2, -0.15) is 13.2 Å². The molecule has 0 spiro atoms. The SMILES string of the molecule is CC1=C(C(=O)O)C(c2cccc(C(F)(F)F)c2)C(P(C)C)=C(C)N1. The molecule has 1 atom stereocenters. The predicted octanol–water partition coefficient (Wildman–Crippen LogP) is 4.72. The lowest BCUT2D eigenvalue weighted by atomic mass is 9.85. The van der Waals surface area contributed by atoms with E-state index in [0.29, 0.717) is 11.3 Å². The molecule has 1 aliphatic rings. The van der Waals surface area contributed by atoms with E-state index in [1.807, 2.05) is 20.3 Å². The number of benzene rings is 1. The first-order valence-electron chi connectivity index (χ1n) is 7.30. The molecule has 2 rings (SSSR count). The van der Waals surface area contributed by atoms with Crippen LogP contribution >= 0.6 is 7.92 Å². The minimum Gasteiger partial charge on any atom is -0.478 e. The predicted molar refractivity (Wildman–Crippen MR) is 89.1 cm³/mol. The molecule has 0 saturated heterocycles. The van der Waals surface area contributed by atoms with E-state index < -0.39 is 31.5 Å². The van der Waals surface area contributed by atoms with Crippen molar-refractivity contribution in [1.29, 1.82) is 0 Å². The molecule has 0 fully saturated rings. The maximum absolute atomic E-state index is 13.1. The van der Waals surface area contributed by atoms with Crippen LogP contribution in [0.4, 0.5) is 13.2 Å². The van der Waals surface area contributed by atoms with Gasteiger partial charge in [-0.15, -0.1) is 0 Å². The minimum absolute atomic E-state index is 0.103. The van der Waals surface area contributed by atoms with Crippen LogP contribution in [-0.2, 0) is 11.0 Å². The number of alkyl halides is 3. The summed E-state index contributed by atoms with van der Waals surface area (Å²) in [6.07, 6.45) is -4.47. The van der Waals surface area contributed by atoms with Crippen LogP contribution in [0.5, 0.6) is 0 Å². The highest BCUT2D eigenvalue weighted by atomic mass is 31.1.